The molecule has 1 aromatic heterocycles. The van der Waals surface area contributed by atoms with Crippen LogP contribution in [0.25, 0.3) is 17.1 Å². The Bertz CT molecular complexity index is 1120. The quantitative estimate of drug-likeness (QED) is 0.518. The second-order valence-corrected chi connectivity index (χ2v) is 10.7. The number of nitrogens with zero attached hydrogens (tertiary/aromatic N) is 3. The van der Waals surface area contributed by atoms with Gasteiger partial charge < -0.3 is 5.32 Å². The Kier molecular flexibility index (Phi) is 5.45. The highest BCUT2D eigenvalue weighted by atomic mass is 32.2. The number of carbonyl (C=O) groups is 1. The third-order valence-corrected chi connectivity index (χ3v) is 8.57. The number of amides is 1. The van der Waals surface area contributed by atoms with Gasteiger partial charge in [-0.25, -0.2) is 4.39 Å². The molecule has 7 rings (SSSR count). The van der Waals surface area contributed by atoms with Crippen LogP contribution in [0.15, 0.2) is 59.8 Å². The van der Waals surface area contributed by atoms with Crippen LogP contribution in [0.5, 0.6) is 0 Å². The number of para-hydroxylation sites is 1. The summed E-state index contributed by atoms with van der Waals surface area (Å²) in [5, 5.41) is 12.8. The number of aromatic nitrogens is 3. The van der Waals surface area contributed by atoms with Gasteiger partial charge in [0.15, 0.2) is 11.0 Å². The van der Waals surface area contributed by atoms with Crippen molar-refractivity contribution >= 4 is 17.7 Å². The summed E-state index contributed by atoms with van der Waals surface area (Å²) in [4.78, 5) is 12.9. The normalized spacial score (nSPS) is 27.6. The van der Waals surface area contributed by atoms with Crippen molar-refractivity contribution < 1.29 is 9.18 Å². The Labute approximate surface area is 197 Å². The van der Waals surface area contributed by atoms with E-state index < -0.39 is 0 Å². The summed E-state index contributed by atoms with van der Waals surface area (Å²) >= 11 is 1.40. The molecule has 1 amide bonds. The number of thioether (sulfide) groups is 1. The molecule has 33 heavy (non-hydrogen) atoms. The SMILES string of the molecule is O=C(CSc1nnc(-c2ccc(F)cc2)n1-c1ccccc1)NC1C2CC3CC(C2)CC1C3. The number of nitrogens with one attached hydrogen (secondary N) is 1. The minimum Gasteiger partial charge on any atom is -0.352 e. The molecule has 4 aliphatic rings. The number of rotatable bonds is 6. The minimum atomic E-state index is -0.291. The van der Waals surface area contributed by atoms with Gasteiger partial charge in [-0.1, -0.05) is 30.0 Å². The van der Waals surface area contributed by atoms with Crippen LogP contribution in [0.3, 0.4) is 0 Å². The smallest absolute Gasteiger partial charge is 0.230 e. The molecular weight excluding hydrogens is 435 g/mol. The maximum Gasteiger partial charge on any atom is 0.230 e. The number of benzene rings is 2. The van der Waals surface area contributed by atoms with Gasteiger partial charge in [0.05, 0.1) is 5.75 Å². The Morgan fingerprint density at radius 1 is 0.939 bits per heavy atom. The van der Waals surface area contributed by atoms with E-state index in [4.69, 9.17) is 0 Å². The Hall–Kier alpha value is -2.67. The van der Waals surface area contributed by atoms with Gasteiger partial charge >= 0.3 is 0 Å². The van der Waals surface area contributed by atoms with Crippen molar-refractivity contribution in [3.8, 4) is 17.1 Å². The van der Waals surface area contributed by atoms with Crippen LogP contribution in [-0.2, 0) is 4.79 Å². The lowest BCUT2D eigenvalue weighted by molar-refractivity contribution is -0.122. The zero-order valence-electron chi connectivity index (χ0n) is 18.4. The van der Waals surface area contributed by atoms with Crippen molar-refractivity contribution in [3.05, 3.63) is 60.4 Å². The summed E-state index contributed by atoms with van der Waals surface area (Å²) < 4.78 is 15.4. The summed E-state index contributed by atoms with van der Waals surface area (Å²) in [7, 11) is 0. The molecule has 0 aliphatic heterocycles. The highest BCUT2D eigenvalue weighted by molar-refractivity contribution is 7.99. The van der Waals surface area contributed by atoms with Gasteiger partial charge in [0.1, 0.15) is 5.82 Å². The molecule has 5 nitrogen and oxygen atoms in total. The topological polar surface area (TPSA) is 59.8 Å². The molecule has 1 heterocycles. The molecule has 2 aromatic carbocycles. The molecule has 0 unspecified atom stereocenters. The first kappa shape index (κ1) is 20.9. The van der Waals surface area contributed by atoms with Crippen LogP contribution < -0.4 is 5.32 Å². The molecule has 4 aliphatic carbocycles. The van der Waals surface area contributed by atoms with Gasteiger partial charge in [0, 0.05) is 17.3 Å². The first-order chi connectivity index (χ1) is 16.1. The van der Waals surface area contributed by atoms with E-state index in [9.17, 15) is 9.18 Å². The van der Waals surface area contributed by atoms with E-state index in [1.165, 1.54) is 56.0 Å². The second kappa shape index (κ2) is 8.60. The summed E-state index contributed by atoms with van der Waals surface area (Å²) in [6.07, 6.45) is 6.56. The number of halogens is 1. The van der Waals surface area contributed by atoms with Gasteiger partial charge in [0.2, 0.25) is 5.91 Å². The molecule has 170 valence electrons. The molecule has 4 fully saturated rings. The Balaban J connectivity index is 1.20. The minimum absolute atomic E-state index is 0.0726. The molecule has 0 radical (unpaired) electrons. The lowest BCUT2D eigenvalue weighted by Gasteiger charge is -2.54. The highest BCUT2D eigenvalue weighted by Crippen LogP contribution is 2.53. The van der Waals surface area contributed by atoms with Crippen molar-refractivity contribution in [2.75, 3.05) is 5.75 Å². The molecular formula is C26H27FN4OS. The third-order valence-electron chi connectivity index (χ3n) is 7.64. The van der Waals surface area contributed by atoms with Crippen molar-refractivity contribution in [1.82, 2.24) is 20.1 Å². The van der Waals surface area contributed by atoms with Crippen LogP contribution in [0, 0.1) is 29.5 Å². The van der Waals surface area contributed by atoms with E-state index in [-0.39, 0.29) is 11.7 Å². The van der Waals surface area contributed by atoms with E-state index in [1.807, 2.05) is 34.9 Å². The van der Waals surface area contributed by atoms with E-state index >= 15 is 0 Å². The van der Waals surface area contributed by atoms with Crippen molar-refractivity contribution in [3.63, 3.8) is 0 Å². The molecule has 0 saturated heterocycles. The monoisotopic (exact) mass is 462 g/mol. The second-order valence-electron chi connectivity index (χ2n) is 9.80. The fourth-order valence-corrected chi connectivity index (χ4v) is 7.24. The Morgan fingerprint density at radius 3 is 2.27 bits per heavy atom. The molecule has 7 heteroatoms. The van der Waals surface area contributed by atoms with Gasteiger partial charge in [0.25, 0.3) is 0 Å². The van der Waals surface area contributed by atoms with Crippen molar-refractivity contribution in [2.24, 2.45) is 23.7 Å². The van der Waals surface area contributed by atoms with Gasteiger partial charge in [-0.2, -0.15) is 0 Å². The first-order valence-electron chi connectivity index (χ1n) is 11.8. The molecule has 0 atom stereocenters. The average molecular weight is 463 g/mol. The summed E-state index contributed by atoms with van der Waals surface area (Å²) in [6, 6.07) is 16.4. The maximum absolute atomic E-state index is 13.5. The molecule has 1 N–H and O–H groups in total. The zero-order chi connectivity index (χ0) is 22.4. The highest BCUT2D eigenvalue weighted by Gasteiger charge is 2.48. The summed E-state index contributed by atoms with van der Waals surface area (Å²) in [6.45, 7) is 0. The van der Waals surface area contributed by atoms with E-state index in [1.54, 1.807) is 12.1 Å². The van der Waals surface area contributed by atoms with Crippen LogP contribution in [-0.4, -0.2) is 32.5 Å². The van der Waals surface area contributed by atoms with Crippen molar-refractivity contribution in [1.29, 1.82) is 0 Å². The fourth-order valence-electron chi connectivity index (χ4n) is 6.48. The number of carbonyl (C=O) groups excluding carboxylic acids is 1. The fraction of sp³-hybridized carbons (Fsp3) is 0.423. The van der Waals surface area contributed by atoms with Crippen LogP contribution in [0.2, 0.25) is 0 Å². The molecule has 4 saturated carbocycles. The molecule has 4 bridgehead atoms. The lowest BCUT2D eigenvalue weighted by atomic mass is 9.54. The average Bonchev–Trinajstić information content (AvgIpc) is 3.24. The van der Waals surface area contributed by atoms with E-state index in [0.717, 1.165) is 23.1 Å². The summed E-state index contributed by atoms with van der Waals surface area (Å²) in [5.74, 6) is 3.82. The maximum atomic E-state index is 13.5. The van der Waals surface area contributed by atoms with Gasteiger partial charge in [-0.05, 0) is 92.2 Å². The predicted molar refractivity (Wildman–Crippen MR) is 126 cm³/mol. The number of hydrogen-bond donors (Lipinski definition) is 1. The number of hydrogen-bond acceptors (Lipinski definition) is 4. The van der Waals surface area contributed by atoms with Crippen LogP contribution >= 0.6 is 11.8 Å². The molecule has 0 spiro atoms. The van der Waals surface area contributed by atoms with E-state index in [2.05, 4.69) is 15.5 Å². The first-order valence-corrected chi connectivity index (χ1v) is 12.8. The summed E-state index contributed by atoms with van der Waals surface area (Å²) in [5.41, 5.74) is 1.68. The lowest BCUT2D eigenvalue weighted by Crippen LogP contribution is -2.56. The standard InChI is InChI=1S/C26H27FN4OS/c27-21-8-6-18(7-9-21)25-29-30-26(31(25)22-4-2-1-3-5-22)33-15-23(32)28-24-19-11-16-10-17(13-19)14-20(24)12-16/h1-9,16-17,19-20,24H,10-15H2,(H,28,32). The largest absolute Gasteiger partial charge is 0.352 e. The van der Waals surface area contributed by atoms with E-state index in [0.29, 0.717) is 34.6 Å². The third kappa shape index (κ3) is 4.07. The van der Waals surface area contributed by atoms with Gasteiger partial charge in [-0.15, -0.1) is 10.2 Å². The zero-order valence-corrected chi connectivity index (χ0v) is 19.2. The predicted octanol–water partition coefficient (Wildman–Crippen LogP) is 5.11. The van der Waals surface area contributed by atoms with Gasteiger partial charge in [-0.3, -0.25) is 9.36 Å². The Morgan fingerprint density at radius 2 is 1.61 bits per heavy atom. The van der Waals surface area contributed by atoms with Crippen LogP contribution in [0.4, 0.5) is 4.39 Å². The van der Waals surface area contributed by atoms with Crippen molar-refractivity contribution in [2.45, 2.75) is 43.3 Å². The van der Waals surface area contributed by atoms with Crippen LogP contribution in [0.1, 0.15) is 32.1 Å². The molecule has 3 aromatic rings.